The molecule has 1 aromatic rings. The fourth-order valence-corrected chi connectivity index (χ4v) is 2.81. The summed E-state index contributed by atoms with van der Waals surface area (Å²) >= 11 is 6.40. The first kappa shape index (κ1) is 14.7. The Morgan fingerprint density at radius 1 is 1.32 bits per heavy atom. The summed E-state index contributed by atoms with van der Waals surface area (Å²) in [5.74, 6) is 0.655. The number of nitrogens with zero attached hydrogens (tertiary/aromatic N) is 1. The van der Waals surface area contributed by atoms with Crippen LogP contribution in [0.2, 0.25) is 5.02 Å². The normalized spacial score (nSPS) is 16.7. The van der Waals surface area contributed by atoms with E-state index in [0.29, 0.717) is 12.0 Å². The Morgan fingerprint density at radius 3 is 2.53 bits per heavy atom. The number of nitrogens with two attached hydrogens (primary N) is 1. The summed E-state index contributed by atoms with van der Waals surface area (Å²) in [5, 5.41) is 0.851. The summed E-state index contributed by atoms with van der Waals surface area (Å²) in [6.07, 6.45) is 3.45. The molecule has 2 nitrogen and oxygen atoms in total. The van der Waals surface area contributed by atoms with Gasteiger partial charge < -0.3 is 10.6 Å². The largest absolute Gasteiger partial charge is 0.368 e. The number of hydrogen-bond donors (Lipinski definition) is 1. The van der Waals surface area contributed by atoms with Gasteiger partial charge in [0.15, 0.2) is 0 Å². The molecule has 0 aliphatic heterocycles. The average molecular weight is 281 g/mol. The van der Waals surface area contributed by atoms with E-state index in [1.165, 1.54) is 24.1 Å². The fraction of sp³-hybridized carbons (Fsp3) is 0.625. The highest BCUT2D eigenvalue weighted by Gasteiger charge is 2.31. The van der Waals surface area contributed by atoms with Gasteiger partial charge in [-0.25, -0.2) is 0 Å². The molecule has 1 aliphatic carbocycles. The molecule has 1 saturated carbocycles. The quantitative estimate of drug-likeness (QED) is 0.857. The van der Waals surface area contributed by atoms with E-state index in [1.807, 2.05) is 13.0 Å². The maximum absolute atomic E-state index is 6.40. The number of halogens is 1. The molecular formula is C16H25ClN2. The van der Waals surface area contributed by atoms with Gasteiger partial charge in [-0.2, -0.15) is 0 Å². The van der Waals surface area contributed by atoms with Crippen LogP contribution in [-0.4, -0.2) is 18.6 Å². The molecule has 1 aliphatic rings. The van der Waals surface area contributed by atoms with E-state index in [-0.39, 0.29) is 6.04 Å². The molecule has 0 amide bonds. The lowest BCUT2D eigenvalue weighted by Crippen LogP contribution is -2.31. The van der Waals surface area contributed by atoms with E-state index in [1.54, 1.807) is 0 Å². The summed E-state index contributed by atoms with van der Waals surface area (Å²) in [5.41, 5.74) is 8.49. The Hall–Kier alpha value is -0.730. The Bertz CT molecular complexity index is 425. The van der Waals surface area contributed by atoms with Crippen molar-refractivity contribution in [2.45, 2.75) is 52.1 Å². The highest BCUT2D eigenvalue weighted by molar-refractivity contribution is 6.31. The molecule has 19 heavy (non-hydrogen) atoms. The van der Waals surface area contributed by atoms with Crippen molar-refractivity contribution in [2.75, 3.05) is 11.4 Å². The first-order valence-electron chi connectivity index (χ1n) is 7.28. The van der Waals surface area contributed by atoms with Crippen molar-refractivity contribution in [3.8, 4) is 0 Å². The lowest BCUT2D eigenvalue weighted by molar-refractivity contribution is 0.604. The van der Waals surface area contributed by atoms with Gasteiger partial charge in [0.2, 0.25) is 0 Å². The van der Waals surface area contributed by atoms with E-state index >= 15 is 0 Å². The minimum absolute atomic E-state index is 0.138. The smallest absolute Gasteiger partial charge is 0.0459 e. The van der Waals surface area contributed by atoms with Crippen molar-refractivity contribution in [2.24, 2.45) is 11.7 Å². The van der Waals surface area contributed by atoms with Crippen molar-refractivity contribution in [3.63, 3.8) is 0 Å². The summed E-state index contributed by atoms with van der Waals surface area (Å²) < 4.78 is 0. The zero-order valence-electron chi connectivity index (χ0n) is 12.2. The molecule has 0 aromatic heterocycles. The van der Waals surface area contributed by atoms with Crippen LogP contribution < -0.4 is 10.6 Å². The fourth-order valence-electron chi connectivity index (χ4n) is 2.56. The maximum Gasteiger partial charge on any atom is 0.0459 e. The third kappa shape index (κ3) is 3.87. The summed E-state index contributed by atoms with van der Waals surface area (Å²) in [6.45, 7) is 7.67. The maximum atomic E-state index is 6.40. The molecule has 0 heterocycles. The molecule has 2 rings (SSSR count). The molecule has 3 heteroatoms. The van der Waals surface area contributed by atoms with Gasteiger partial charge in [-0.3, -0.25) is 0 Å². The lowest BCUT2D eigenvalue weighted by Gasteiger charge is -2.29. The Kier molecular flexibility index (Phi) is 4.75. The van der Waals surface area contributed by atoms with Gasteiger partial charge in [-0.05, 0) is 49.8 Å². The van der Waals surface area contributed by atoms with Gasteiger partial charge in [0.25, 0.3) is 0 Å². The van der Waals surface area contributed by atoms with Crippen LogP contribution in [-0.2, 0) is 6.42 Å². The Balaban J connectivity index is 2.32. The molecular weight excluding hydrogens is 256 g/mol. The minimum atomic E-state index is 0.138. The van der Waals surface area contributed by atoms with Gasteiger partial charge in [-0.1, -0.05) is 31.5 Å². The average Bonchev–Trinajstić information content (AvgIpc) is 3.12. The van der Waals surface area contributed by atoms with E-state index in [9.17, 15) is 0 Å². The van der Waals surface area contributed by atoms with Crippen LogP contribution in [0, 0.1) is 5.92 Å². The SMILES string of the molecule is CC(C)CN(c1cccc(Cl)c1CC(C)N)C1CC1. The second-order valence-electron chi connectivity index (χ2n) is 6.20. The van der Waals surface area contributed by atoms with Gasteiger partial charge in [0.05, 0.1) is 0 Å². The molecule has 1 aromatic carbocycles. The summed E-state index contributed by atoms with van der Waals surface area (Å²) in [7, 11) is 0. The van der Waals surface area contributed by atoms with Crippen LogP contribution in [0.15, 0.2) is 18.2 Å². The van der Waals surface area contributed by atoms with Gasteiger partial charge in [0.1, 0.15) is 0 Å². The van der Waals surface area contributed by atoms with Gasteiger partial charge in [0, 0.05) is 29.3 Å². The number of hydrogen-bond acceptors (Lipinski definition) is 2. The Morgan fingerprint density at radius 2 is 2.00 bits per heavy atom. The van der Waals surface area contributed by atoms with E-state index in [0.717, 1.165) is 18.0 Å². The van der Waals surface area contributed by atoms with E-state index in [4.69, 9.17) is 17.3 Å². The first-order chi connectivity index (χ1) is 8.99. The molecule has 1 atom stereocenters. The predicted octanol–water partition coefficient (Wildman–Crippen LogP) is 3.85. The molecule has 1 fully saturated rings. The number of anilines is 1. The standard InChI is InChI=1S/C16H25ClN2/c1-11(2)10-19(13-7-8-13)16-6-4-5-15(17)14(16)9-12(3)18/h4-6,11-13H,7-10,18H2,1-3H3. The molecule has 0 spiro atoms. The molecule has 0 bridgehead atoms. The third-order valence-electron chi connectivity index (χ3n) is 3.48. The van der Waals surface area contributed by atoms with Gasteiger partial charge >= 0.3 is 0 Å². The zero-order chi connectivity index (χ0) is 14.0. The zero-order valence-corrected chi connectivity index (χ0v) is 13.0. The topological polar surface area (TPSA) is 29.3 Å². The van der Waals surface area contributed by atoms with Crippen molar-refractivity contribution < 1.29 is 0 Å². The first-order valence-corrected chi connectivity index (χ1v) is 7.66. The van der Waals surface area contributed by atoms with Crippen LogP contribution >= 0.6 is 11.6 Å². The van der Waals surface area contributed by atoms with Crippen molar-refractivity contribution in [1.82, 2.24) is 0 Å². The molecule has 106 valence electrons. The third-order valence-corrected chi connectivity index (χ3v) is 3.83. The van der Waals surface area contributed by atoms with Gasteiger partial charge in [-0.15, -0.1) is 0 Å². The minimum Gasteiger partial charge on any atom is -0.368 e. The van der Waals surface area contributed by atoms with Crippen molar-refractivity contribution in [3.05, 3.63) is 28.8 Å². The van der Waals surface area contributed by atoms with Crippen LogP contribution in [0.3, 0.4) is 0 Å². The van der Waals surface area contributed by atoms with E-state index < -0.39 is 0 Å². The van der Waals surface area contributed by atoms with Crippen molar-refractivity contribution >= 4 is 17.3 Å². The monoisotopic (exact) mass is 280 g/mol. The van der Waals surface area contributed by atoms with Crippen LogP contribution in [0.4, 0.5) is 5.69 Å². The molecule has 1 unspecified atom stereocenters. The highest BCUT2D eigenvalue weighted by Crippen LogP contribution is 2.37. The Labute approximate surface area is 121 Å². The molecule has 2 N–H and O–H groups in total. The molecule has 0 saturated heterocycles. The number of benzene rings is 1. The second-order valence-corrected chi connectivity index (χ2v) is 6.60. The summed E-state index contributed by atoms with van der Waals surface area (Å²) in [6, 6.07) is 7.07. The lowest BCUT2D eigenvalue weighted by atomic mass is 10.0. The van der Waals surface area contributed by atoms with Crippen LogP contribution in [0.1, 0.15) is 39.2 Å². The van der Waals surface area contributed by atoms with Crippen LogP contribution in [0.5, 0.6) is 0 Å². The predicted molar refractivity (Wildman–Crippen MR) is 84.0 cm³/mol. The summed E-state index contributed by atoms with van der Waals surface area (Å²) in [4.78, 5) is 2.54. The van der Waals surface area contributed by atoms with Crippen LogP contribution in [0.25, 0.3) is 0 Å². The van der Waals surface area contributed by atoms with E-state index in [2.05, 4.69) is 30.9 Å². The van der Waals surface area contributed by atoms with Crippen molar-refractivity contribution in [1.29, 1.82) is 0 Å². The second kappa shape index (κ2) is 6.15. The number of rotatable bonds is 6. The molecule has 0 radical (unpaired) electrons. The highest BCUT2D eigenvalue weighted by atomic mass is 35.5.